The molecule has 0 spiro atoms. The van der Waals surface area contributed by atoms with Crippen LogP contribution in [0.2, 0.25) is 0 Å². The molecule has 2 rings (SSSR count). The minimum absolute atomic E-state index is 0.547. The standard InChI is InChI=1S/C10H10N2O2S/c1-6(10(13)14)8-5-15-9(12-8)7-2-3-11-4-7/h2-6,11H,1H3,(H,13,14). The zero-order chi connectivity index (χ0) is 10.8. The van der Waals surface area contributed by atoms with E-state index in [-0.39, 0.29) is 0 Å². The quantitative estimate of drug-likeness (QED) is 0.837. The maximum atomic E-state index is 10.8. The number of aromatic amines is 1. The number of aromatic nitrogens is 2. The molecule has 2 heterocycles. The predicted molar refractivity (Wildman–Crippen MR) is 58.0 cm³/mol. The number of nitrogens with one attached hydrogen (secondary N) is 1. The van der Waals surface area contributed by atoms with E-state index < -0.39 is 11.9 Å². The molecule has 1 unspecified atom stereocenters. The van der Waals surface area contributed by atoms with Gasteiger partial charge in [0.1, 0.15) is 5.01 Å². The van der Waals surface area contributed by atoms with E-state index in [0.29, 0.717) is 5.69 Å². The summed E-state index contributed by atoms with van der Waals surface area (Å²) in [6, 6.07) is 1.91. The third-order valence-electron chi connectivity index (χ3n) is 2.18. The van der Waals surface area contributed by atoms with Crippen molar-refractivity contribution in [1.29, 1.82) is 0 Å². The van der Waals surface area contributed by atoms with Crippen molar-refractivity contribution >= 4 is 17.3 Å². The van der Waals surface area contributed by atoms with Gasteiger partial charge >= 0.3 is 5.97 Å². The van der Waals surface area contributed by atoms with Crippen molar-refractivity contribution in [2.24, 2.45) is 0 Å². The Balaban J connectivity index is 2.28. The summed E-state index contributed by atoms with van der Waals surface area (Å²) < 4.78 is 0. The first-order valence-corrected chi connectivity index (χ1v) is 5.38. The van der Waals surface area contributed by atoms with Gasteiger partial charge in [-0.25, -0.2) is 4.98 Å². The summed E-state index contributed by atoms with van der Waals surface area (Å²) in [5, 5.41) is 11.5. The average molecular weight is 222 g/mol. The van der Waals surface area contributed by atoms with Gasteiger partial charge in [-0.1, -0.05) is 0 Å². The van der Waals surface area contributed by atoms with E-state index in [1.165, 1.54) is 11.3 Å². The third kappa shape index (κ3) is 1.92. The predicted octanol–water partition coefficient (Wildman–Crippen LogP) is 2.33. The molecule has 0 saturated heterocycles. The summed E-state index contributed by atoms with van der Waals surface area (Å²) in [7, 11) is 0. The topological polar surface area (TPSA) is 66.0 Å². The number of aliphatic carboxylic acids is 1. The van der Waals surface area contributed by atoms with Gasteiger partial charge in [0.15, 0.2) is 0 Å². The van der Waals surface area contributed by atoms with Gasteiger partial charge in [0.05, 0.1) is 11.6 Å². The fourth-order valence-corrected chi connectivity index (χ4v) is 2.11. The molecule has 0 amide bonds. The van der Waals surface area contributed by atoms with Gasteiger partial charge < -0.3 is 10.1 Å². The highest BCUT2D eigenvalue weighted by atomic mass is 32.1. The number of carboxylic acid groups (broad SMARTS) is 1. The Kier molecular flexibility index (Phi) is 2.55. The number of carbonyl (C=O) groups is 1. The van der Waals surface area contributed by atoms with Crippen molar-refractivity contribution in [3.8, 4) is 10.6 Å². The van der Waals surface area contributed by atoms with Gasteiger partial charge in [-0.05, 0) is 13.0 Å². The van der Waals surface area contributed by atoms with Crippen LogP contribution in [-0.2, 0) is 4.79 Å². The van der Waals surface area contributed by atoms with Crippen LogP contribution in [0.15, 0.2) is 23.8 Å². The van der Waals surface area contributed by atoms with Crippen LogP contribution in [0.4, 0.5) is 0 Å². The lowest BCUT2D eigenvalue weighted by Crippen LogP contribution is -2.07. The lowest BCUT2D eigenvalue weighted by atomic mass is 10.1. The Labute approximate surface area is 90.6 Å². The molecule has 0 aromatic carbocycles. The zero-order valence-corrected chi connectivity index (χ0v) is 8.91. The van der Waals surface area contributed by atoms with Crippen LogP contribution in [-0.4, -0.2) is 21.0 Å². The van der Waals surface area contributed by atoms with Crippen molar-refractivity contribution in [3.05, 3.63) is 29.5 Å². The van der Waals surface area contributed by atoms with Crippen LogP contribution < -0.4 is 0 Å². The molecule has 78 valence electrons. The second-order valence-electron chi connectivity index (χ2n) is 3.24. The summed E-state index contributed by atoms with van der Waals surface area (Å²) in [5.74, 6) is -1.39. The average Bonchev–Trinajstić information content (AvgIpc) is 2.86. The minimum atomic E-state index is -0.846. The van der Waals surface area contributed by atoms with E-state index in [1.54, 1.807) is 12.3 Å². The van der Waals surface area contributed by atoms with Crippen molar-refractivity contribution in [2.45, 2.75) is 12.8 Å². The van der Waals surface area contributed by atoms with E-state index in [4.69, 9.17) is 5.11 Å². The number of rotatable bonds is 3. The van der Waals surface area contributed by atoms with Crippen molar-refractivity contribution < 1.29 is 9.90 Å². The Morgan fingerprint density at radius 3 is 3.07 bits per heavy atom. The summed E-state index contributed by atoms with van der Waals surface area (Å²) in [5.41, 5.74) is 1.60. The SMILES string of the molecule is CC(C(=O)O)c1csc(-c2cc[nH]c2)n1. The smallest absolute Gasteiger partial charge is 0.312 e. The molecule has 2 N–H and O–H groups in total. The second kappa shape index (κ2) is 3.86. The van der Waals surface area contributed by atoms with Crippen LogP contribution in [0.1, 0.15) is 18.5 Å². The number of nitrogens with zero attached hydrogens (tertiary/aromatic N) is 1. The summed E-state index contributed by atoms with van der Waals surface area (Å²) >= 11 is 1.46. The van der Waals surface area contributed by atoms with Gasteiger partial charge in [0.25, 0.3) is 0 Å². The monoisotopic (exact) mass is 222 g/mol. The molecule has 4 nitrogen and oxygen atoms in total. The molecule has 0 radical (unpaired) electrons. The van der Waals surface area contributed by atoms with Crippen LogP contribution in [0, 0.1) is 0 Å². The number of thiazole rings is 1. The first-order chi connectivity index (χ1) is 7.18. The number of hydrogen-bond acceptors (Lipinski definition) is 3. The summed E-state index contributed by atoms with van der Waals surface area (Å²) in [4.78, 5) is 18.0. The molecule has 2 aromatic heterocycles. The highest BCUT2D eigenvalue weighted by molar-refractivity contribution is 7.13. The van der Waals surface area contributed by atoms with E-state index in [0.717, 1.165) is 10.6 Å². The van der Waals surface area contributed by atoms with E-state index in [9.17, 15) is 4.79 Å². The lowest BCUT2D eigenvalue weighted by Gasteiger charge is -1.99. The van der Waals surface area contributed by atoms with Crippen LogP contribution in [0.5, 0.6) is 0 Å². The summed E-state index contributed by atoms with van der Waals surface area (Å²) in [6.07, 6.45) is 3.66. The third-order valence-corrected chi connectivity index (χ3v) is 3.09. The first-order valence-electron chi connectivity index (χ1n) is 4.50. The fraction of sp³-hybridized carbons (Fsp3) is 0.200. The number of carboxylic acids is 1. The zero-order valence-electron chi connectivity index (χ0n) is 8.10. The molecular weight excluding hydrogens is 212 g/mol. The molecule has 5 heteroatoms. The Bertz CT molecular complexity index is 461. The van der Waals surface area contributed by atoms with E-state index >= 15 is 0 Å². The van der Waals surface area contributed by atoms with Crippen LogP contribution >= 0.6 is 11.3 Å². The highest BCUT2D eigenvalue weighted by Gasteiger charge is 2.17. The molecule has 0 fully saturated rings. The first kappa shape index (κ1) is 9.92. The Hall–Kier alpha value is -1.62. The maximum absolute atomic E-state index is 10.8. The molecule has 0 saturated carbocycles. The van der Waals surface area contributed by atoms with Crippen molar-refractivity contribution in [3.63, 3.8) is 0 Å². The van der Waals surface area contributed by atoms with Gasteiger partial charge in [-0.15, -0.1) is 11.3 Å². The molecule has 2 aromatic rings. The lowest BCUT2D eigenvalue weighted by molar-refractivity contribution is -0.138. The molecule has 15 heavy (non-hydrogen) atoms. The maximum Gasteiger partial charge on any atom is 0.312 e. The van der Waals surface area contributed by atoms with Crippen LogP contribution in [0.3, 0.4) is 0 Å². The Morgan fingerprint density at radius 1 is 1.67 bits per heavy atom. The highest BCUT2D eigenvalue weighted by Crippen LogP contribution is 2.26. The van der Waals surface area contributed by atoms with Crippen LogP contribution in [0.25, 0.3) is 10.6 Å². The molecule has 0 aliphatic rings. The van der Waals surface area contributed by atoms with Gasteiger partial charge in [0, 0.05) is 23.3 Å². The summed E-state index contributed by atoms with van der Waals surface area (Å²) in [6.45, 7) is 1.64. The number of hydrogen-bond donors (Lipinski definition) is 2. The van der Waals surface area contributed by atoms with E-state index in [2.05, 4.69) is 9.97 Å². The van der Waals surface area contributed by atoms with Crippen molar-refractivity contribution in [2.75, 3.05) is 0 Å². The van der Waals surface area contributed by atoms with Gasteiger partial charge in [0.2, 0.25) is 0 Å². The second-order valence-corrected chi connectivity index (χ2v) is 4.10. The fourth-order valence-electron chi connectivity index (χ4n) is 1.20. The molecule has 0 bridgehead atoms. The minimum Gasteiger partial charge on any atom is -0.481 e. The van der Waals surface area contributed by atoms with Crippen molar-refractivity contribution in [1.82, 2.24) is 9.97 Å². The molecule has 0 aliphatic heterocycles. The molecule has 0 aliphatic carbocycles. The molecule has 1 atom stereocenters. The van der Waals surface area contributed by atoms with Gasteiger partial charge in [-0.2, -0.15) is 0 Å². The van der Waals surface area contributed by atoms with Gasteiger partial charge in [-0.3, -0.25) is 4.79 Å². The largest absolute Gasteiger partial charge is 0.481 e. The Morgan fingerprint density at radius 2 is 2.47 bits per heavy atom. The normalized spacial score (nSPS) is 12.6. The van der Waals surface area contributed by atoms with E-state index in [1.807, 2.05) is 18.5 Å². The number of H-pyrrole nitrogens is 1. The molecular formula is C10H10N2O2S.